The van der Waals surface area contributed by atoms with Crippen molar-refractivity contribution in [3.05, 3.63) is 23.9 Å². The van der Waals surface area contributed by atoms with Crippen LogP contribution in [-0.2, 0) is 20.9 Å². The Morgan fingerprint density at radius 2 is 2.00 bits per heavy atom. The number of pyridine rings is 1. The normalized spacial score (nSPS) is 25.6. The molecule has 11 heteroatoms. The number of alkyl halides is 3. The number of piperidine rings is 1. The molecule has 2 N–H and O–H groups in total. The topological polar surface area (TPSA) is 101 Å². The van der Waals surface area contributed by atoms with Crippen molar-refractivity contribution in [2.75, 3.05) is 20.2 Å². The van der Waals surface area contributed by atoms with Crippen molar-refractivity contribution in [2.24, 2.45) is 5.92 Å². The number of likely N-dealkylation sites (tertiary alicyclic amines) is 1. The smallest absolute Gasteiger partial charge is 0.481 e. The number of nitrogens with zero attached hydrogens (tertiary/aromatic N) is 2. The second-order valence-electron chi connectivity index (χ2n) is 8.65. The van der Waals surface area contributed by atoms with E-state index in [0.717, 1.165) is 50.9 Å². The molecule has 1 aromatic rings. The zero-order valence-electron chi connectivity index (χ0n) is 18.5. The molecule has 0 spiro atoms. The van der Waals surface area contributed by atoms with Gasteiger partial charge in [0.15, 0.2) is 0 Å². The molecule has 1 aromatic heterocycles. The highest BCUT2D eigenvalue weighted by molar-refractivity contribution is 5.81. The second-order valence-corrected chi connectivity index (χ2v) is 8.65. The molecule has 1 saturated carbocycles. The molecule has 3 aliphatic rings. The van der Waals surface area contributed by atoms with Crippen molar-refractivity contribution in [3.63, 3.8) is 0 Å². The summed E-state index contributed by atoms with van der Waals surface area (Å²) in [4.78, 5) is 28.1. The summed E-state index contributed by atoms with van der Waals surface area (Å²) in [5.74, 6) is -1.46. The molecule has 4 rings (SSSR count). The number of nitrogens with one attached hydrogen (secondary N) is 1. The molecule has 0 unspecified atom stereocenters. The lowest BCUT2D eigenvalue weighted by Crippen LogP contribution is -2.42. The minimum Gasteiger partial charge on any atom is -0.481 e. The van der Waals surface area contributed by atoms with Crippen LogP contribution in [0.1, 0.15) is 44.1 Å². The first-order valence-electron chi connectivity index (χ1n) is 11.1. The van der Waals surface area contributed by atoms with E-state index in [-0.39, 0.29) is 18.1 Å². The molecule has 3 atom stereocenters. The van der Waals surface area contributed by atoms with Crippen molar-refractivity contribution in [1.29, 1.82) is 0 Å². The van der Waals surface area contributed by atoms with Crippen molar-refractivity contribution in [3.8, 4) is 5.88 Å². The number of aromatic nitrogens is 1. The maximum Gasteiger partial charge on any atom is 0.490 e. The molecule has 8 nitrogen and oxygen atoms in total. The van der Waals surface area contributed by atoms with E-state index in [2.05, 4.69) is 21.3 Å². The molecule has 1 aliphatic carbocycles. The van der Waals surface area contributed by atoms with Crippen molar-refractivity contribution in [1.82, 2.24) is 15.2 Å². The van der Waals surface area contributed by atoms with Gasteiger partial charge in [-0.3, -0.25) is 9.69 Å². The highest BCUT2D eigenvalue weighted by Crippen LogP contribution is 2.34. The average Bonchev–Trinajstić information content (AvgIpc) is 3.43. The first-order chi connectivity index (χ1) is 15.7. The predicted octanol–water partition coefficient (Wildman–Crippen LogP) is 2.76. The van der Waals surface area contributed by atoms with Crippen LogP contribution in [0.15, 0.2) is 18.3 Å². The van der Waals surface area contributed by atoms with Crippen molar-refractivity contribution in [2.45, 2.75) is 69.5 Å². The molecular weight excluding hydrogens is 443 g/mol. The Kier molecular flexibility index (Phi) is 8.52. The molecule has 2 saturated heterocycles. The standard InChI is InChI=1S/C20H29N3O3.C2HF3O2/c1-25-20-15(5-4-9-21-20)12-23-10-8-14-11-17(26-18(14)13-23)19(24)22-16-6-2-3-7-16;3-2(4,5)1(6)7/h4-5,9,14,16-18H,2-3,6-8,10-13H2,1H3,(H,22,24);(H,6,7)/t14-,17-,18+;/m0./s1. The van der Waals surface area contributed by atoms with Crippen LogP contribution in [0.2, 0.25) is 0 Å². The Morgan fingerprint density at radius 1 is 1.30 bits per heavy atom. The summed E-state index contributed by atoms with van der Waals surface area (Å²) in [5.41, 5.74) is 1.10. The van der Waals surface area contributed by atoms with Gasteiger partial charge in [-0.15, -0.1) is 0 Å². The van der Waals surface area contributed by atoms with Crippen molar-refractivity contribution >= 4 is 11.9 Å². The number of carbonyl (C=O) groups excluding carboxylic acids is 1. The number of rotatable bonds is 5. The van der Waals surface area contributed by atoms with Crippen LogP contribution in [0.3, 0.4) is 0 Å². The van der Waals surface area contributed by atoms with Gasteiger partial charge in [-0.2, -0.15) is 13.2 Å². The van der Waals surface area contributed by atoms with Gasteiger partial charge in [-0.1, -0.05) is 18.9 Å². The van der Waals surface area contributed by atoms with E-state index in [1.165, 1.54) is 12.8 Å². The third kappa shape index (κ3) is 7.04. The second kappa shape index (κ2) is 11.1. The highest BCUT2D eigenvalue weighted by atomic mass is 19.4. The molecule has 33 heavy (non-hydrogen) atoms. The molecule has 0 bridgehead atoms. The summed E-state index contributed by atoms with van der Waals surface area (Å²) in [6.07, 6.45) is 3.21. The summed E-state index contributed by atoms with van der Waals surface area (Å²) < 4.78 is 43.3. The summed E-state index contributed by atoms with van der Waals surface area (Å²) in [6.45, 7) is 2.71. The molecule has 3 fully saturated rings. The van der Waals surface area contributed by atoms with Crippen LogP contribution >= 0.6 is 0 Å². The number of hydrogen-bond donors (Lipinski definition) is 2. The Balaban J connectivity index is 0.000000383. The van der Waals surface area contributed by atoms with Crippen LogP contribution in [0.4, 0.5) is 13.2 Å². The van der Waals surface area contributed by atoms with E-state index in [1.807, 2.05) is 6.07 Å². The fraction of sp³-hybridized carbons (Fsp3) is 0.682. The fourth-order valence-electron chi connectivity index (χ4n) is 4.64. The van der Waals surface area contributed by atoms with Crippen molar-refractivity contribution < 1.29 is 37.3 Å². The fourth-order valence-corrected chi connectivity index (χ4v) is 4.64. The predicted molar refractivity (Wildman–Crippen MR) is 112 cm³/mol. The van der Waals surface area contributed by atoms with E-state index in [1.54, 1.807) is 13.3 Å². The average molecular weight is 473 g/mol. The lowest BCUT2D eigenvalue weighted by Gasteiger charge is -2.34. The van der Waals surface area contributed by atoms with E-state index in [9.17, 15) is 18.0 Å². The molecule has 1 amide bonds. The summed E-state index contributed by atoms with van der Waals surface area (Å²) >= 11 is 0. The van der Waals surface area contributed by atoms with Gasteiger partial charge in [-0.05, 0) is 44.2 Å². The third-order valence-corrected chi connectivity index (χ3v) is 6.31. The zero-order chi connectivity index (χ0) is 24.0. The van der Waals surface area contributed by atoms with E-state index in [0.29, 0.717) is 17.8 Å². The summed E-state index contributed by atoms with van der Waals surface area (Å²) in [5, 5.41) is 10.3. The number of hydrogen-bond acceptors (Lipinski definition) is 6. The van der Waals surface area contributed by atoms with Crippen LogP contribution < -0.4 is 10.1 Å². The lowest BCUT2D eigenvalue weighted by molar-refractivity contribution is -0.192. The molecule has 3 heterocycles. The number of carboxylic acid groups (broad SMARTS) is 1. The van der Waals surface area contributed by atoms with E-state index >= 15 is 0 Å². The van der Waals surface area contributed by atoms with Gasteiger partial charge in [-0.25, -0.2) is 9.78 Å². The molecular formula is C22H30F3N3O5. The number of amides is 1. The molecule has 0 aromatic carbocycles. The Hall–Kier alpha value is -2.40. The quantitative estimate of drug-likeness (QED) is 0.678. The largest absolute Gasteiger partial charge is 0.490 e. The van der Waals surface area contributed by atoms with Crippen LogP contribution in [-0.4, -0.2) is 71.5 Å². The van der Waals surface area contributed by atoms with Gasteiger partial charge in [0.05, 0.1) is 13.2 Å². The minimum atomic E-state index is -5.08. The zero-order valence-corrected chi connectivity index (χ0v) is 18.5. The highest BCUT2D eigenvalue weighted by Gasteiger charge is 2.42. The van der Waals surface area contributed by atoms with Gasteiger partial charge >= 0.3 is 12.1 Å². The van der Waals surface area contributed by atoms with Crippen LogP contribution in [0.5, 0.6) is 5.88 Å². The maximum atomic E-state index is 12.5. The van der Waals surface area contributed by atoms with Crippen LogP contribution in [0, 0.1) is 5.92 Å². The lowest BCUT2D eigenvalue weighted by atomic mass is 9.91. The van der Waals surface area contributed by atoms with Gasteiger partial charge in [0, 0.05) is 30.9 Å². The Morgan fingerprint density at radius 3 is 2.64 bits per heavy atom. The van der Waals surface area contributed by atoms with Crippen LogP contribution in [0.25, 0.3) is 0 Å². The number of carboxylic acids is 1. The minimum absolute atomic E-state index is 0.103. The van der Waals surface area contributed by atoms with E-state index in [4.69, 9.17) is 19.4 Å². The molecule has 2 aliphatic heterocycles. The first-order valence-corrected chi connectivity index (χ1v) is 11.1. The van der Waals surface area contributed by atoms with Gasteiger partial charge in [0.2, 0.25) is 11.8 Å². The first kappa shape index (κ1) is 25.2. The number of carbonyl (C=O) groups is 2. The molecule has 184 valence electrons. The number of methoxy groups -OCH3 is 1. The van der Waals surface area contributed by atoms with Gasteiger partial charge in [0.1, 0.15) is 6.10 Å². The number of halogens is 3. The molecule has 0 radical (unpaired) electrons. The monoisotopic (exact) mass is 473 g/mol. The number of aliphatic carboxylic acids is 1. The summed E-state index contributed by atoms with van der Waals surface area (Å²) in [6, 6.07) is 4.37. The number of ether oxygens (including phenoxy) is 2. The third-order valence-electron chi connectivity index (χ3n) is 6.31. The van der Waals surface area contributed by atoms with Gasteiger partial charge in [0.25, 0.3) is 0 Å². The summed E-state index contributed by atoms with van der Waals surface area (Å²) in [7, 11) is 1.66. The van der Waals surface area contributed by atoms with E-state index < -0.39 is 12.1 Å². The maximum absolute atomic E-state index is 12.5. The SMILES string of the molecule is COc1ncccc1CN1CC[C@H]2C[C@@H](C(=O)NC3CCCC3)O[C@@H]2C1.O=C(O)C(F)(F)F. The number of fused-ring (bicyclic) bond motifs is 1. The Labute approximate surface area is 190 Å². The Bertz CT molecular complexity index is 817. The van der Waals surface area contributed by atoms with Gasteiger partial charge < -0.3 is 19.9 Å².